The molecule has 3 aromatic rings. The van der Waals surface area contributed by atoms with Gasteiger partial charge in [-0.25, -0.2) is 0 Å². The molecule has 0 saturated heterocycles. The SMILES string of the molecule is NCC(c1cccs1)n1nnc(-c2ccccc2)n1. The molecule has 2 heterocycles. The van der Waals surface area contributed by atoms with Gasteiger partial charge in [0.05, 0.1) is 0 Å². The zero-order valence-corrected chi connectivity index (χ0v) is 11.0. The fourth-order valence-corrected chi connectivity index (χ4v) is 2.68. The lowest BCUT2D eigenvalue weighted by atomic mass is 10.2. The molecule has 2 aromatic heterocycles. The Balaban J connectivity index is 1.93. The van der Waals surface area contributed by atoms with Crippen LogP contribution in [0.1, 0.15) is 10.9 Å². The summed E-state index contributed by atoms with van der Waals surface area (Å²) in [5.41, 5.74) is 6.78. The summed E-state index contributed by atoms with van der Waals surface area (Å²) in [4.78, 5) is 2.73. The van der Waals surface area contributed by atoms with Crippen LogP contribution in [0.25, 0.3) is 11.4 Å². The molecule has 1 aromatic carbocycles. The van der Waals surface area contributed by atoms with Gasteiger partial charge >= 0.3 is 0 Å². The first-order valence-electron chi connectivity index (χ1n) is 5.97. The number of nitrogens with zero attached hydrogens (tertiary/aromatic N) is 4. The molecule has 0 spiro atoms. The van der Waals surface area contributed by atoms with Crippen molar-refractivity contribution in [1.82, 2.24) is 20.2 Å². The maximum atomic E-state index is 5.82. The summed E-state index contributed by atoms with van der Waals surface area (Å²) in [6.45, 7) is 0.450. The Morgan fingerprint density at radius 2 is 2.00 bits per heavy atom. The molecule has 5 nitrogen and oxygen atoms in total. The van der Waals surface area contributed by atoms with Crippen LogP contribution in [0.15, 0.2) is 47.8 Å². The molecule has 96 valence electrons. The van der Waals surface area contributed by atoms with Crippen molar-refractivity contribution in [2.75, 3.05) is 6.54 Å². The van der Waals surface area contributed by atoms with Gasteiger partial charge in [-0.15, -0.1) is 21.5 Å². The standard InChI is InChI=1S/C13H13N5S/c14-9-11(12-7-4-8-19-12)18-16-13(15-17-18)10-5-2-1-3-6-10/h1-8,11H,9,14H2. The minimum Gasteiger partial charge on any atom is -0.328 e. The van der Waals surface area contributed by atoms with E-state index in [0.717, 1.165) is 10.4 Å². The molecule has 0 bridgehead atoms. The lowest BCUT2D eigenvalue weighted by Crippen LogP contribution is -2.21. The first kappa shape index (κ1) is 12.0. The summed E-state index contributed by atoms with van der Waals surface area (Å²) in [5.74, 6) is 0.621. The lowest BCUT2D eigenvalue weighted by Gasteiger charge is -2.10. The Morgan fingerprint density at radius 3 is 2.68 bits per heavy atom. The molecule has 0 amide bonds. The van der Waals surface area contributed by atoms with Gasteiger partial charge < -0.3 is 5.73 Å². The van der Waals surface area contributed by atoms with Crippen molar-refractivity contribution in [3.63, 3.8) is 0 Å². The normalized spacial score (nSPS) is 12.5. The molecule has 0 aliphatic carbocycles. The average Bonchev–Trinajstić information content (AvgIpc) is 3.12. The molecule has 1 unspecified atom stereocenters. The van der Waals surface area contributed by atoms with Gasteiger partial charge in [0.25, 0.3) is 0 Å². The smallest absolute Gasteiger partial charge is 0.204 e. The van der Waals surface area contributed by atoms with Crippen LogP contribution in [0.3, 0.4) is 0 Å². The summed E-state index contributed by atoms with van der Waals surface area (Å²) in [7, 11) is 0. The third kappa shape index (κ3) is 2.40. The van der Waals surface area contributed by atoms with E-state index >= 15 is 0 Å². The summed E-state index contributed by atoms with van der Waals surface area (Å²) in [5, 5.41) is 14.7. The van der Waals surface area contributed by atoms with Gasteiger partial charge in [-0.05, 0) is 16.7 Å². The van der Waals surface area contributed by atoms with E-state index in [1.807, 2.05) is 47.8 Å². The van der Waals surface area contributed by atoms with E-state index in [-0.39, 0.29) is 6.04 Å². The first-order chi connectivity index (χ1) is 9.38. The van der Waals surface area contributed by atoms with Crippen molar-refractivity contribution in [3.8, 4) is 11.4 Å². The summed E-state index contributed by atoms with van der Waals surface area (Å²) in [6.07, 6.45) is 0. The van der Waals surface area contributed by atoms with Crippen LogP contribution in [0, 0.1) is 0 Å². The highest BCUT2D eigenvalue weighted by atomic mass is 32.1. The van der Waals surface area contributed by atoms with E-state index in [4.69, 9.17) is 5.73 Å². The topological polar surface area (TPSA) is 69.6 Å². The maximum absolute atomic E-state index is 5.82. The highest BCUT2D eigenvalue weighted by molar-refractivity contribution is 7.10. The van der Waals surface area contributed by atoms with E-state index in [1.54, 1.807) is 16.1 Å². The van der Waals surface area contributed by atoms with Gasteiger partial charge in [-0.2, -0.15) is 4.80 Å². The van der Waals surface area contributed by atoms with Crippen molar-refractivity contribution >= 4 is 11.3 Å². The van der Waals surface area contributed by atoms with Gasteiger partial charge in [0, 0.05) is 17.0 Å². The largest absolute Gasteiger partial charge is 0.328 e. The van der Waals surface area contributed by atoms with E-state index in [9.17, 15) is 0 Å². The molecule has 19 heavy (non-hydrogen) atoms. The fourth-order valence-electron chi connectivity index (χ4n) is 1.87. The Bertz CT molecular complexity index is 632. The zero-order chi connectivity index (χ0) is 13.1. The molecule has 2 N–H and O–H groups in total. The molecule has 1 atom stereocenters. The number of tetrazole rings is 1. The Morgan fingerprint density at radius 1 is 1.16 bits per heavy atom. The van der Waals surface area contributed by atoms with Gasteiger partial charge in [-0.3, -0.25) is 0 Å². The van der Waals surface area contributed by atoms with E-state index in [1.165, 1.54) is 0 Å². The van der Waals surface area contributed by atoms with Crippen molar-refractivity contribution < 1.29 is 0 Å². The van der Waals surface area contributed by atoms with Gasteiger partial charge in [0.2, 0.25) is 5.82 Å². The number of hydrogen-bond acceptors (Lipinski definition) is 5. The molecule has 6 heteroatoms. The molecule has 0 saturated carbocycles. The monoisotopic (exact) mass is 271 g/mol. The highest BCUT2D eigenvalue weighted by Gasteiger charge is 2.17. The quantitative estimate of drug-likeness (QED) is 0.787. The van der Waals surface area contributed by atoms with Crippen molar-refractivity contribution in [2.45, 2.75) is 6.04 Å². The second kappa shape index (κ2) is 5.29. The third-order valence-electron chi connectivity index (χ3n) is 2.83. The molecular formula is C13H13N5S. The van der Waals surface area contributed by atoms with Crippen LogP contribution in [-0.2, 0) is 0 Å². The van der Waals surface area contributed by atoms with Crippen LogP contribution in [0.5, 0.6) is 0 Å². The Hall–Kier alpha value is -2.05. The van der Waals surface area contributed by atoms with Crippen LogP contribution in [-0.4, -0.2) is 26.8 Å². The third-order valence-corrected chi connectivity index (χ3v) is 3.81. The van der Waals surface area contributed by atoms with Gasteiger partial charge in [0.1, 0.15) is 6.04 Å². The molecule has 0 aliphatic rings. The van der Waals surface area contributed by atoms with E-state index in [0.29, 0.717) is 12.4 Å². The van der Waals surface area contributed by atoms with E-state index in [2.05, 4.69) is 15.4 Å². The summed E-state index contributed by atoms with van der Waals surface area (Å²) < 4.78 is 0. The molecular weight excluding hydrogens is 258 g/mol. The summed E-state index contributed by atoms with van der Waals surface area (Å²) >= 11 is 1.65. The second-order valence-electron chi connectivity index (χ2n) is 4.07. The average molecular weight is 271 g/mol. The summed E-state index contributed by atoms with van der Waals surface area (Å²) in [6, 6.07) is 13.8. The minimum atomic E-state index is -0.0510. The van der Waals surface area contributed by atoms with Crippen LogP contribution < -0.4 is 5.73 Å². The zero-order valence-electron chi connectivity index (χ0n) is 10.2. The number of benzene rings is 1. The Labute approximate surface area is 114 Å². The predicted octanol–water partition coefficient (Wildman–Crippen LogP) is 1.95. The number of thiophene rings is 1. The highest BCUT2D eigenvalue weighted by Crippen LogP contribution is 2.21. The van der Waals surface area contributed by atoms with Crippen LogP contribution >= 0.6 is 11.3 Å². The van der Waals surface area contributed by atoms with Crippen LogP contribution in [0.4, 0.5) is 0 Å². The lowest BCUT2D eigenvalue weighted by molar-refractivity contribution is 0.464. The number of nitrogens with two attached hydrogens (primary N) is 1. The number of aromatic nitrogens is 4. The molecule has 0 radical (unpaired) electrons. The second-order valence-corrected chi connectivity index (χ2v) is 5.05. The van der Waals surface area contributed by atoms with E-state index < -0.39 is 0 Å². The van der Waals surface area contributed by atoms with Crippen molar-refractivity contribution in [1.29, 1.82) is 0 Å². The molecule has 3 rings (SSSR count). The van der Waals surface area contributed by atoms with Gasteiger partial charge in [0.15, 0.2) is 0 Å². The first-order valence-corrected chi connectivity index (χ1v) is 6.85. The van der Waals surface area contributed by atoms with Crippen LogP contribution in [0.2, 0.25) is 0 Å². The number of hydrogen-bond donors (Lipinski definition) is 1. The van der Waals surface area contributed by atoms with Crippen molar-refractivity contribution in [3.05, 3.63) is 52.7 Å². The number of rotatable bonds is 4. The fraction of sp³-hybridized carbons (Fsp3) is 0.154. The maximum Gasteiger partial charge on any atom is 0.204 e. The minimum absolute atomic E-state index is 0.0510. The van der Waals surface area contributed by atoms with Gasteiger partial charge in [-0.1, -0.05) is 36.4 Å². The molecule has 0 aliphatic heterocycles. The van der Waals surface area contributed by atoms with Crippen molar-refractivity contribution in [2.24, 2.45) is 5.73 Å². The predicted molar refractivity (Wildman–Crippen MR) is 74.8 cm³/mol. The molecule has 0 fully saturated rings. The Kier molecular flexibility index (Phi) is 3.35.